The monoisotopic (exact) mass is 438 g/mol. The van der Waals surface area contributed by atoms with E-state index in [-0.39, 0.29) is 47.7 Å². The lowest BCUT2D eigenvalue weighted by molar-refractivity contribution is -0.131. The van der Waals surface area contributed by atoms with Gasteiger partial charge in [-0.05, 0) is 42.7 Å². The second kappa shape index (κ2) is 8.08. The lowest BCUT2D eigenvalue weighted by atomic mass is 9.87. The van der Waals surface area contributed by atoms with Crippen molar-refractivity contribution in [3.05, 3.63) is 46.7 Å². The Morgan fingerprint density at radius 2 is 2.00 bits per heavy atom. The minimum absolute atomic E-state index is 0.000302. The Labute approximate surface area is 173 Å². The number of hydrogen-bond donors (Lipinski definition) is 0. The summed E-state index contributed by atoms with van der Waals surface area (Å²) in [5, 5.41) is 6.10. The Morgan fingerprint density at radius 1 is 1.28 bits per heavy atom. The van der Waals surface area contributed by atoms with Gasteiger partial charge in [0.25, 0.3) is 0 Å². The van der Waals surface area contributed by atoms with Crippen LogP contribution < -0.4 is 0 Å². The Morgan fingerprint density at radius 3 is 2.62 bits per heavy atom. The molecule has 10 heteroatoms. The van der Waals surface area contributed by atoms with Gasteiger partial charge in [0.1, 0.15) is 5.82 Å². The summed E-state index contributed by atoms with van der Waals surface area (Å²) in [6, 6.07) is 6.28. The molecule has 2 aliphatic heterocycles. The van der Waals surface area contributed by atoms with Gasteiger partial charge in [-0.2, -0.15) is 0 Å². The molecule has 1 amide bonds. The first-order valence-corrected chi connectivity index (χ1v) is 12.2. The van der Waals surface area contributed by atoms with E-state index in [0.717, 1.165) is 11.3 Å². The van der Waals surface area contributed by atoms with Crippen molar-refractivity contribution in [2.24, 2.45) is 0 Å². The van der Waals surface area contributed by atoms with E-state index >= 15 is 0 Å². The average molecular weight is 439 g/mol. The molecule has 0 bridgehead atoms. The molecule has 0 N–H and O–H groups in total. The number of aromatic nitrogens is 2. The van der Waals surface area contributed by atoms with Crippen LogP contribution >= 0.6 is 11.5 Å². The van der Waals surface area contributed by atoms with Crippen molar-refractivity contribution in [3.8, 4) is 0 Å². The van der Waals surface area contributed by atoms with Gasteiger partial charge in [-0.3, -0.25) is 9.69 Å². The molecule has 2 saturated heterocycles. The summed E-state index contributed by atoms with van der Waals surface area (Å²) in [7, 11) is -1.19. The van der Waals surface area contributed by atoms with Crippen LogP contribution in [0.15, 0.2) is 29.6 Å². The molecular formula is C19H23FN4O3S2. The van der Waals surface area contributed by atoms with Crippen LogP contribution in [0.2, 0.25) is 0 Å². The van der Waals surface area contributed by atoms with Gasteiger partial charge < -0.3 is 4.90 Å². The number of amides is 1. The molecule has 4 rings (SSSR count). The number of sulfone groups is 1. The predicted molar refractivity (Wildman–Crippen MR) is 108 cm³/mol. The van der Waals surface area contributed by atoms with Crippen molar-refractivity contribution in [1.29, 1.82) is 0 Å². The standard InChI is InChI=1S/C19H23FN4O3S2/c1-23(15-6-7-29(26,27)12-15)10-19(25)24-8-16(13-2-4-14(20)5-3-13)17(9-24)18-11-28-22-21-18/h2-5,11,15-17H,6-10,12H2,1H3/t15?,16-,17+/m0/s1. The number of carbonyl (C=O) groups is 1. The molecule has 2 aliphatic rings. The van der Waals surface area contributed by atoms with Crippen LogP contribution in [0.3, 0.4) is 0 Å². The van der Waals surface area contributed by atoms with Gasteiger partial charge in [0.2, 0.25) is 5.91 Å². The smallest absolute Gasteiger partial charge is 0.236 e. The number of likely N-dealkylation sites (tertiary alicyclic amines) is 1. The SMILES string of the molecule is CN(CC(=O)N1C[C@@H](c2ccc(F)cc2)[C@H](c2csnn2)C1)C1CCS(=O)(=O)C1. The van der Waals surface area contributed by atoms with Crippen LogP contribution in [0.25, 0.3) is 0 Å². The van der Waals surface area contributed by atoms with E-state index in [9.17, 15) is 17.6 Å². The predicted octanol–water partition coefficient (Wildman–Crippen LogP) is 1.51. The molecule has 2 fully saturated rings. The fourth-order valence-corrected chi connectivity index (χ4v) is 6.58. The Balaban J connectivity index is 1.48. The third-order valence-corrected chi connectivity index (χ3v) is 8.22. The van der Waals surface area contributed by atoms with E-state index in [1.807, 2.05) is 10.3 Å². The maximum absolute atomic E-state index is 13.4. The summed E-state index contributed by atoms with van der Waals surface area (Å²) in [4.78, 5) is 16.6. The first kappa shape index (κ1) is 20.4. The molecule has 0 aliphatic carbocycles. The van der Waals surface area contributed by atoms with E-state index in [1.54, 1.807) is 24.1 Å². The molecule has 7 nitrogen and oxygen atoms in total. The molecule has 1 aromatic carbocycles. The summed E-state index contributed by atoms with van der Waals surface area (Å²) in [6.45, 7) is 1.21. The van der Waals surface area contributed by atoms with Crippen LogP contribution in [0, 0.1) is 5.82 Å². The zero-order valence-corrected chi connectivity index (χ0v) is 17.7. The first-order valence-electron chi connectivity index (χ1n) is 9.53. The van der Waals surface area contributed by atoms with Gasteiger partial charge in [0, 0.05) is 36.3 Å². The van der Waals surface area contributed by atoms with Crippen molar-refractivity contribution in [2.45, 2.75) is 24.3 Å². The van der Waals surface area contributed by atoms with Gasteiger partial charge in [-0.1, -0.05) is 16.6 Å². The van der Waals surface area contributed by atoms with Crippen LogP contribution in [0.1, 0.15) is 29.5 Å². The molecule has 3 atom stereocenters. The molecule has 1 unspecified atom stereocenters. The maximum atomic E-state index is 13.4. The highest BCUT2D eigenvalue weighted by Crippen LogP contribution is 2.39. The number of benzene rings is 1. The van der Waals surface area contributed by atoms with Crippen molar-refractivity contribution in [3.63, 3.8) is 0 Å². The van der Waals surface area contributed by atoms with E-state index in [4.69, 9.17) is 0 Å². The van der Waals surface area contributed by atoms with Crippen LogP contribution in [-0.2, 0) is 14.6 Å². The minimum atomic E-state index is -2.99. The largest absolute Gasteiger partial charge is 0.340 e. The summed E-state index contributed by atoms with van der Waals surface area (Å²) in [5.41, 5.74) is 1.81. The number of halogens is 1. The van der Waals surface area contributed by atoms with E-state index in [2.05, 4.69) is 9.59 Å². The molecule has 0 spiro atoms. The maximum Gasteiger partial charge on any atom is 0.236 e. The summed E-state index contributed by atoms with van der Waals surface area (Å²) in [5.74, 6) is -0.0108. The normalized spacial score (nSPS) is 26.3. The van der Waals surface area contributed by atoms with Crippen molar-refractivity contribution in [1.82, 2.24) is 19.4 Å². The minimum Gasteiger partial charge on any atom is -0.340 e. The lowest BCUT2D eigenvalue weighted by Crippen LogP contribution is -2.42. The topological polar surface area (TPSA) is 83.5 Å². The number of nitrogens with zero attached hydrogens (tertiary/aromatic N) is 4. The van der Waals surface area contributed by atoms with E-state index in [0.29, 0.717) is 19.5 Å². The fourth-order valence-electron chi connectivity index (χ4n) is 4.25. The average Bonchev–Trinajstić information content (AvgIpc) is 3.40. The molecule has 0 radical (unpaired) electrons. The summed E-state index contributed by atoms with van der Waals surface area (Å²) in [6.07, 6.45) is 0.567. The Hall–Kier alpha value is -1.91. The second-order valence-corrected chi connectivity index (χ2v) is 10.7. The van der Waals surface area contributed by atoms with Gasteiger partial charge >= 0.3 is 0 Å². The van der Waals surface area contributed by atoms with Crippen molar-refractivity contribution < 1.29 is 17.6 Å². The third kappa shape index (κ3) is 4.49. The van der Waals surface area contributed by atoms with Crippen molar-refractivity contribution >= 4 is 27.3 Å². The first-order chi connectivity index (χ1) is 13.8. The van der Waals surface area contributed by atoms with Gasteiger partial charge in [-0.25, -0.2) is 12.8 Å². The Kier molecular flexibility index (Phi) is 5.67. The van der Waals surface area contributed by atoms with Gasteiger partial charge in [0.05, 0.1) is 23.7 Å². The quantitative estimate of drug-likeness (QED) is 0.704. The zero-order valence-electron chi connectivity index (χ0n) is 16.1. The zero-order chi connectivity index (χ0) is 20.6. The molecule has 29 heavy (non-hydrogen) atoms. The highest BCUT2D eigenvalue weighted by Gasteiger charge is 2.39. The second-order valence-electron chi connectivity index (χ2n) is 7.87. The molecule has 0 saturated carbocycles. The van der Waals surface area contributed by atoms with E-state index in [1.165, 1.54) is 23.7 Å². The summed E-state index contributed by atoms with van der Waals surface area (Å²) < 4.78 is 40.8. The van der Waals surface area contributed by atoms with Crippen molar-refractivity contribution in [2.75, 3.05) is 38.2 Å². The highest BCUT2D eigenvalue weighted by molar-refractivity contribution is 7.91. The number of rotatable bonds is 5. The van der Waals surface area contributed by atoms with Crippen LogP contribution in [0.4, 0.5) is 4.39 Å². The van der Waals surface area contributed by atoms with Gasteiger partial charge in [-0.15, -0.1) is 5.10 Å². The number of likely N-dealkylation sites (N-methyl/N-ethyl adjacent to an activating group) is 1. The fraction of sp³-hybridized carbons (Fsp3) is 0.526. The molecule has 1 aromatic heterocycles. The molecule has 2 aromatic rings. The van der Waals surface area contributed by atoms with Gasteiger partial charge in [0.15, 0.2) is 9.84 Å². The summed E-state index contributed by atoms with van der Waals surface area (Å²) >= 11 is 1.27. The van der Waals surface area contributed by atoms with Crippen LogP contribution in [0.5, 0.6) is 0 Å². The Bertz CT molecular complexity index is 966. The number of carbonyl (C=O) groups excluding carboxylic acids is 1. The molecule has 3 heterocycles. The highest BCUT2D eigenvalue weighted by atomic mass is 32.2. The third-order valence-electron chi connectivity index (χ3n) is 5.94. The molecular weight excluding hydrogens is 415 g/mol. The number of hydrogen-bond acceptors (Lipinski definition) is 7. The van der Waals surface area contributed by atoms with Crippen LogP contribution in [-0.4, -0.2) is 77.9 Å². The molecule has 156 valence electrons. The lowest BCUT2D eigenvalue weighted by Gasteiger charge is -2.25. The van der Waals surface area contributed by atoms with E-state index < -0.39 is 9.84 Å².